The average Bonchev–Trinajstić information content (AvgIpc) is 3.42. The Kier molecular flexibility index (Phi) is 9.36. The maximum absolute atomic E-state index is 14.9. The molecule has 0 aliphatic carbocycles. The van der Waals surface area contributed by atoms with Crippen LogP contribution in [0.15, 0.2) is 36.5 Å². The SMILES string of the molecule is CC(C)OC(=O)N1CCC(COc2ccc(-c3ccc(CC(N)C(=O)N4CCC[C@H]4C#N)c(F)c3)cn2)CC1. The summed E-state index contributed by atoms with van der Waals surface area (Å²) >= 11 is 0. The largest absolute Gasteiger partial charge is 0.477 e. The van der Waals surface area contributed by atoms with Crippen molar-refractivity contribution in [2.24, 2.45) is 11.7 Å². The van der Waals surface area contributed by atoms with Gasteiger partial charge in [0.05, 0.1) is 24.8 Å². The molecule has 9 nitrogen and oxygen atoms in total. The zero-order valence-electron chi connectivity index (χ0n) is 22.5. The fourth-order valence-corrected chi connectivity index (χ4v) is 4.99. The zero-order chi connectivity index (χ0) is 27.9. The predicted molar refractivity (Wildman–Crippen MR) is 143 cm³/mol. The van der Waals surface area contributed by atoms with Gasteiger partial charge in [0.1, 0.15) is 11.9 Å². The molecule has 208 valence electrons. The number of aromatic nitrogens is 1. The summed E-state index contributed by atoms with van der Waals surface area (Å²) in [6.45, 7) is 5.98. The van der Waals surface area contributed by atoms with Gasteiger partial charge in [-0.25, -0.2) is 14.2 Å². The highest BCUT2D eigenvalue weighted by molar-refractivity contribution is 5.83. The van der Waals surface area contributed by atoms with Crippen LogP contribution >= 0.6 is 0 Å². The molecule has 2 fully saturated rings. The first kappa shape index (κ1) is 28.3. The highest BCUT2D eigenvalue weighted by atomic mass is 19.1. The first-order chi connectivity index (χ1) is 18.7. The lowest BCUT2D eigenvalue weighted by Crippen LogP contribution is -2.46. The summed E-state index contributed by atoms with van der Waals surface area (Å²) in [5.74, 6) is 0.0461. The van der Waals surface area contributed by atoms with Crippen LogP contribution in [0.4, 0.5) is 9.18 Å². The van der Waals surface area contributed by atoms with E-state index < -0.39 is 17.9 Å². The van der Waals surface area contributed by atoms with E-state index in [-0.39, 0.29) is 24.5 Å². The molecule has 3 heterocycles. The number of carbonyl (C=O) groups excluding carboxylic acids is 2. The number of nitriles is 1. The number of ether oxygens (including phenoxy) is 2. The van der Waals surface area contributed by atoms with Gasteiger partial charge in [0.25, 0.3) is 0 Å². The van der Waals surface area contributed by atoms with Crippen molar-refractivity contribution in [2.45, 2.75) is 64.1 Å². The van der Waals surface area contributed by atoms with E-state index in [0.29, 0.717) is 55.6 Å². The second kappa shape index (κ2) is 12.9. The Morgan fingerprint density at radius 3 is 2.54 bits per heavy atom. The van der Waals surface area contributed by atoms with Gasteiger partial charge in [-0.05, 0) is 75.1 Å². The van der Waals surface area contributed by atoms with E-state index in [1.54, 1.807) is 29.3 Å². The number of rotatable bonds is 8. The van der Waals surface area contributed by atoms with Crippen LogP contribution in [0.3, 0.4) is 0 Å². The highest BCUT2D eigenvalue weighted by Gasteiger charge is 2.32. The van der Waals surface area contributed by atoms with Gasteiger partial charge in [-0.1, -0.05) is 12.1 Å². The Bertz CT molecular complexity index is 1190. The minimum absolute atomic E-state index is 0.0580. The van der Waals surface area contributed by atoms with Gasteiger partial charge in [0, 0.05) is 37.5 Å². The molecule has 2 atom stereocenters. The Labute approximate surface area is 228 Å². The number of likely N-dealkylation sites (tertiary alicyclic amines) is 2. The summed E-state index contributed by atoms with van der Waals surface area (Å²) in [5, 5.41) is 9.22. The van der Waals surface area contributed by atoms with Crippen molar-refractivity contribution in [3.8, 4) is 23.1 Å². The van der Waals surface area contributed by atoms with Crippen molar-refractivity contribution in [1.29, 1.82) is 5.26 Å². The van der Waals surface area contributed by atoms with Crippen molar-refractivity contribution in [1.82, 2.24) is 14.8 Å². The summed E-state index contributed by atoms with van der Waals surface area (Å²) in [4.78, 5) is 32.3. The molecule has 2 N–H and O–H groups in total. The van der Waals surface area contributed by atoms with E-state index in [9.17, 15) is 19.2 Å². The van der Waals surface area contributed by atoms with Crippen molar-refractivity contribution in [2.75, 3.05) is 26.2 Å². The standard InChI is InChI=1S/C29H36FN5O4/c1-19(2)39-29(37)34-12-9-20(10-13-34)18-38-27-8-7-23(17-33-27)21-5-6-22(25(30)14-21)15-26(32)28(36)35-11-3-4-24(35)16-31/h5-8,14,17,19-20,24,26H,3-4,9-13,15,18,32H2,1-2H3/t24-,26?/m0/s1. The van der Waals surface area contributed by atoms with Crippen molar-refractivity contribution in [3.05, 3.63) is 47.9 Å². The summed E-state index contributed by atoms with van der Waals surface area (Å²) in [6.07, 6.45) is 4.39. The van der Waals surface area contributed by atoms with Gasteiger partial charge in [-0.2, -0.15) is 5.26 Å². The van der Waals surface area contributed by atoms with Crippen molar-refractivity contribution >= 4 is 12.0 Å². The second-order valence-electron chi connectivity index (χ2n) is 10.5. The van der Waals surface area contributed by atoms with Gasteiger partial charge in [0.2, 0.25) is 11.8 Å². The lowest BCUT2D eigenvalue weighted by atomic mass is 9.98. The van der Waals surface area contributed by atoms with Crippen LogP contribution in [0, 0.1) is 23.1 Å². The van der Waals surface area contributed by atoms with E-state index in [1.807, 2.05) is 19.9 Å². The maximum atomic E-state index is 14.9. The van der Waals surface area contributed by atoms with Gasteiger partial charge < -0.3 is 25.0 Å². The lowest BCUT2D eigenvalue weighted by molar-refractivity contribution is -0.132. The van der Waals surface area contributed by atoms with Gasteiger partial charge in [-0.3, -0.25) is 4.79 Å². The lowest BCUT2D eigenvalue weighted by Gasteiger charge is -2.31. The molecule has 0 saturated carbocycles. The van der Waals surface area contributed by atoms with Crippen molar-refractivity contribution in [3.63, 3.8) is 0 Å². The number of hydrogen-bond donors (Lipinski definition) is 1. The molecule has 4 rings (SSSR count). The van der Waals surface area contributed by atoms with Gasteiger partial charge >= 0.3 is 6.09 Å². The smallest absolute Gasteiger partial charge is 0.410 e. The number of piperidine rings is 1. The number of carbonyl (C=O) groups is 2. The first-order valence-corrected chi connectivity index (χ1v) is 13.5. The molecule has 2 aromatic rings. The number of benzene rings is 1. The second-order valence-corrected chi connectivity index (χ2v) is 10.5. The Balaban J connectivity index is 1.27. The summed E-state index contributed by atoms with van der Waals surface area (Å²) in [7, 11) is 0. The molecular weight excluding hydrogens is 501 g/mol. The predicted octanol–water partition coefficient (Wildman–Crippen LogP) is 3.91. The normalized spacial score (nSPS) is 18.6. The molecule has 39 heavy (non-hydrogen) atoms. The Morgan fingerprint density at radius 1 is 1.15 bits per heavy atom. The Hall–Kier alpha value is -3.71. The van der Waals surface area contributed by atoms with Crippen LogP contribution in [0.25, 0.3) is 11.1 Å². The topological polar surface area (TPSA) is 122 Å². The molecule has 2 amide bonds. The summed E-state index contributed by atoms with van der Waals surface area (Å²) in [5.41, 5.74) is 7.82. The molecule has 1 aromatic heterocycles. The summed E-state index contributed by atoms with van der Waals surface area (Å²) in [6, 6.07) is 9.18. The molecule has 0 spiro atoms. The van der Waals surface area contributed by atoms with E-state index in [0.717, 1.165) is 24.8 Å². The first-order valence-electron chi connectivity index (χ1n) is 13.5. The molecule has 0 bridgehead atoms. The van der Waals surface area contributed by atoms with E-state index in [1.165, 1.54) is 11.0 Å². The third kappa shape index (κ3) is 7.24. The van der Waals surface area contributed by atoms with Crippen LogP contribution in [-0.4, -0.2) is 71.2 Å². The third-order valence-corrected chi connectivity index (χ3v) is 7.24. The molecule has 2 aliphatic rings. The van der Waals surface area contributed by atoms with E-state index in [2.05, 4.69) is 11.1 Å². The van der Waals surface area contributed by atoms with E-state index >= 15 is 0 Å². The molecular formula is C29H36FN5O4. The average molecular weight is 538 g/mol. The van der Waals surface area contributed by atoms with Gasteiger partial charge in [-0.15, -0.1) is 0 Å². The number of nitrogens with two attached hydrogens (primary N) is 1. The zero-order valence-corrected chi connectivity index (χ0v) is 22.5. The molecule has 0 radical (unpaired) electrons. The van der Waals surface area contributed by atoms with Gasteiger partial charge in [0.15, 0.2) is 0 Å². The molecule has 1 unspecified atom stereocenters. The fourth-order valence-electron chi connectivity index (χ4n) is 4.99. The Morgan fingerprint density at radius 2 is 1.90 bits per heavy atom. The number of hydrogen-bond acceptors (Lipinski definition) is 7. The van der Waals surface area contributed by atoms with Crippen LogP contribution in [-0.2, 0) is 16.0 Å². The highest BCUT2D eigenvalue weighted by Crippen LogP contribution is 2.25. The monoisotopic (exact) mass is 537 g/mol. The maximum Gasteiger partial charge on any atom is 0.410 e. The number of nitrogens with zero attached hydrogens (tertiary/aromatic N) is 4. The molecule has 1 aromatic carbocycles. The van der Waals surface area contributed by atoms with Crippen LogP contribution in [0.2, 0.25) is 0 Å². The number of halogens is 1. The van der Waals surface area contributed by atoms with E-state index in [4.69, 9.17) is 15.2 Å². The third-order valence-electron chi connectivity index (χ3n) is 7.24. The minimum atomic E-state index is -0.904. The van der Waals surface area contributed by atoms with Crippen LogP contribution in [0.1, 0.15) is 45.1 Å². The van der Waals surface area contributed by atoms with Crippen LogP contribution < -0.4 is 10.5 Å². The quantitative estimate of drug-likeness (QED) is 0.542. The number of pyridine rings is 1. The minimum Gasteiger partial charge on any atom is -0.477 e. The summed E-state index contributed by atoms with van der Waals surface area (Å²) < 4.78 is 26.0. The molecule has 10 heteroatoms. The molecule has 2 saturated heterocycles. The number of amides is 2. The van der Waals surface area contributed by atoms with Crippen molar-refractivity contribution < 1.29 is 23.5 Å². The fraction of sp³-hybridized carbons (Fsp3) is 0.517. The molecule has 2 aliphatic heterocycles. The van der Waals surface area contributed by atoms with Crippen LogP contribution in [0.5, 0.6) is 5.88 Å².